The first-order chi connectivity index (χ1) is 7.24. The molecule has 0 aliphatic carbocycles. The minimum atomic E-state index is -0.00486. The number of hydrogen-bond acceptors (Lipinski definition) is 2. The lowest BCUT2D eigenvalue weighted by molar-refractivity contribution is -0.120. The van der Waals surface area contributed by atoms with E-state index in [1.165, 1.54) is 0 Å². The Bertz CT molecular complexity index is 347. The Labute approximate surface area is 90.0 Å². The van der Waals surface area contributed by atoms with Gasteiger partial charge in [0.1, 0.15) is 0 Å². The molecule has 0 radical (unpaired) electrons. The summed E-state index contributed by atoms with van der Waals surface area (Å²) in [6.45, 7) is 4.22. The average Bonchev–Trinajstić information content (AvgIpc) is 2.22. The molecule has 15 heavy (non-hydrogen) atoms. The highest BCUT2D eigenvalue weighted by molar-refractivity contribution is 5.80. The second-order valence-corrected chi connectivity index (χ2v) is 3.30. The van der Waals surface area contributed by atoms with Crippen molar-refractivity contribution in [1.82, 2.24) is 5.32 Å². The normalized spacial score (nSPS) is 9.60. The molecule has 0 fully saturated rings. The van der Waals surface area contributed by atoms with E-state index < -0.39 is 0 Å². The zero-order valence-electron chi connectivity index (χ0n) is 8.70. The van der Waals surface area contributed by atoms with E-state index in [2.05, 4.69) is 11.9 Å². The number of nitrogens with two attached hydrogens (primary N) is 1. The molecule has 0 unspecified atom stereocenters. The van der Waals surface area contributed by atoms with Gasteiger partial charge in [-0.3, -0.25) is 4.79 Å². The zero-order valence-corrected chi connectivity index (χ0v) is 8.70. The fourth-order valence-corrected chi connectivity index (χ4v) is 1.24. The quantitative estimate of drug-likeness (QED) is 0.434. The van der Waals surface area contributed by atoms with E-state index in [0.29, 0.717) is 18.7 Å². The van der Waals surface area contributed by atoms with Crippen molar-refractivity contribution in [3.05, 3.63) is 42.5 Å². The molecule has 0 heterocycles. The number of benzene rings is 1. The largest absolute Gasteiger partial charge is 0.398 e. The number of nitrogens with one attached hydrogen (secondary N) is 1. The maximum absolute atomic E-state index is 11.4. The second-order valence-electron chi connectivity index (χ2n) is 3.30. The van der Waals surface area contributed by atoms with Gasteiger partial charge in [-0.05, 0) is 18.1 Å². The molecule has 0 aromatic heterocycles. The van der Waals surface area contributed by atoms with E-state index in [4.69, 9.17) is 5.73 Å². The van der Waals surface area contributed by atoms with Crippen LogP contribution in [0.2, 0.25) is 0 Å². The van der Waals surface area contributed by atoms with Crippen LogP contribution in [0.5, 0.6) is 0 Å². The Balaban J connectivity index is 2.44. The molecule has 3 nitrogen and oxygen atoms in total. The lowest BCUT2D eigenvalue weighted by Gasteiger charge is -2.05. The van der Waals surface area contributed by atoms with Crippen molar-refractivity contribution in [2.45, 2.75) is 12.8 Å². The van der Waals surface area contributed by atoms with Gasteiger partial charge < -0.3 is 11.1 Å². The van der Waals surface area contributed by atoms with Gasteiger partial charge in [-0.15, -0.1) is 6.58 Å². The summed E-state index contributed by atoms with van der Waals surface area (Å²) in [6.07, 6.45) is 2.90. The van der Waals surface area contributed by atoms with Crippen molar-refractivity contribution in [3.63, 3.8) is 0 Å². The predicted octanol–water partition coefficient (Wildman–Crippen LogP) is 1.50. The van der Waals surface area contributed by atoms with E-state index in [0.717, 1.165) is 12.0 Å². The Morgan fingerprint density at radius 2 is 2.20 bits per heavy atom. The van der Waals surface area contributed by atoms with Crippen molar-refractivity contribution >= 4 is 11.6 Å². The molecule has 0 saturated carbocycles. The molecule has 3 heteroatoms. The molecule has 0 spiro atoms. The summed E-state index contributed by atoms with van der Waals surface area (Å²) in [5.74, 6) is -0.00486. The van der Waals surface area contributed by atoms with Gasteiger partial charge in [0, 0.05) is 12.2 Å². The minimum absolute atomic E-state index is 0.00486. The zero-order chi connectivity index (χ0) is 11.1. The molecule has 3 N–H and O–H groups in total. The van der Waals surface area contributed by atoms with Gasteiger partial charge >= 0.3 is 0 Å². The van der Waals surface area contributed by atoms with Gasteiger partial charge in [0.2, 0.25) is 5.91 Å². The number of para-hydroxylation sites is 1. The summed E-state index contributed by atoms with van der Waals surface area (Å²) in [5.41, 5.74) is 7.26. The van der Waals surface area contributed by atoms with Crippen LogP contribution in [0.1, 0.15) is 12.0 Å². The van der Waals surface area contributed by atoms with E-state index in [1.807, 2.05) is 18.2 Å². The van der Waals surface area contributed by atoms with Gasteiger partial charge in [-0.25, -0.2) is 0 Å². The van der Waals surface area contributed by atoms with Gasteiger partial charge in [-0.2, -0.15) is 0 Å². The molecule has 1 amide bonds. The highest BCUT2D eigenvalue weighted by Gasteiger charge is 2.04. The lowest BCUT2D eigenvalue weighted by atomic mass is 10.1. The molecule has 0 bridgehead atoms. The number of amides is 1. The average molecular weight is 204 g/mol. The van der Waals surface area contributed by atoms with Crippen molar-refractivity contribution < 1.29 is 4.79 Å². The summed E-state index contributed by atoms with van der Waals surface area (Å²) in [4.78, 5) is 11.4. The first kappa shape index (κ1) is 11.3. The summed E-state index contributed by atoms with van der Waals surface area (Å²) < 4.78 is 0. The third kappa shape index (κ3) is 3.85. The Hall–Kier alpha value is -1.77. The Kier molecular flexibility index (Phi) is 4.41. The van der Waals surface area contributed by atoms with Gasteiger partial charge in [0.05, 0.1) is 6.42 Å². The summed E-state index contributed by atoms with van der Waals surface area (Å²) in [6, 6.07) is 7.39. The molecule has 1 aromatic carbocycles. The van der Waals surface area contributed by atoms with Crippen LogP contribution in [0.4, 0.5) is 5.69 Å². The van der Waals surface area contributed by atoms with Crippen LogP contribution in [0, 0.1) is 0 Å². The predicted molar refractivity (Wildman–Crippen MR) is 62.4 cm³/mol. The maximum atomic E-state index is 11.4. The maximum Gasteiger partial charge on any atom is 0.224 e. The Morgan fingerprint density at radius 1 is 1.47 bits per heavy atom. The van der Waals surface area contributed by atoms with Gasteiger partial charge in [-0.1, -0.05) is 24.3 Å². The highest BCUT2D eigenvalue weighted by Crippen LogP contribution is 2.10. The van der Waals surface area contributed by atoms with Gasteiger partial charge in [0.15, 0.2) is 0 Å². The molecule has 0 aliphatic heterocycles. The number of carbonyl (C=O) groups is 1. The summed E-state index contributed by atoms with van der Waals surface area (Å²) in [5, 5.41) is 2.79. The SMILES string of the molecule is C=CCCNC(=O)Cc1ccccc1N. The number of nitrogen functional groups attached to an aromatic ring is 1. The van der Waals surface area contributed by atoms with Crippen molar-refractivity contribution in [1.29, 1.82) is 0 Å². The lowest BCUT2D eigenvalue weighted by Crippen LogP contribution is -2.26. The van der Waals surface area contributed by atoms with Crippen LogP contribution in [-0.2, 0) is 11.2 Å². The van der Waals surface area contributed by atoms with Crippen LogP contribution in [0.15, 0.2) is 36.9 Å². The van der Waals surface area contributed by atoms with Gasteiger partial charge in [0.25, 0.3) is 0 Å². The topological polar surface area (TPSA) is 55.1 Å². The van der Waals surface area contributed by atoms with Crippen LogP contribution in [0.3, 0.4) is 0 Å². The number of hydrogen-bond donors (Lipinski definition) is 2. The third-order valence-electron chi connectivity index (χ3n) is 2.08. The van der Waals surface area contributed by atoms with Crippen LogP contribution < -0.4 is 11.1 Å². The molecular weight excluding hydrogens is 188 g/mol. The second kappa shape index (κ2) is 5.86. The van der Waals surface area contributed by atoms with E-state index >= 15 is 0 Å². The fourth-order valence-electron chi connectivity index (χ4n) is 1.24. The molecule has 0 saturated heterocycles. The van der Waals surface area contributed by atoms with E-state index in [-0.39, 0.29) is 5.91 Å². The summed E-state index contributed by atoms with van der Waals surface area (Å²) >= 11 is 0. The molecule has 80 valence electrons. The Morgan fingerprint density at radius 3 is 2.87 bits per heavy atom. The van der Waals surface area contributed by atoms with Crippen molar-refractivity contribution in [2.24, 2.45) is 0 Å². The summed E-state index contributed by atoms with van der Waals surface area (Å²) in [7, 11) is 0. The van der Waals surface area contributed by atoms with E-state index in [1.54, 1.807) is 12.1 Å². The molecular formula is C12H16N2O. The van der Waals surface area contributed by atoms with E-state index in [9.17, 15) is 4.79 Å². The number of carbonyl (C=O) groups excluding carboxylic acids is 1. The molecule has 0 atom stereocenters. The first-order valence-electron chi connectivity index (χ1n) is 4.95. The highest BCUT2D eigenvalue weighted by atomic mass is 16.1. The third-order valence-corrected chi connectivity index (χ3v) is 2.08. The van der Waals surface area contributed by atoms with Crippen LogP contribution >= 0.6 is 0 Å². The van der Waals surface area contributed by atoms with Crippen molar-refractivity contribution in [3.8, 4) is 0 Å². The monoisotopic (exact) mass is 204 g/mol. The standard InChI is InChI=1S/C12H16N2O/c1-2-3-8-14-12(15)9-10-6-4-5-7-11(10)13/h2,4-7H,1,3,8-9,13H2,(H,14,15). The van der Waals surface area contributed by atoms with Crippen molar-refractivity contribution in [2.75, 3.05) is 12.3 Å². The van der Waals surface area contributed by atoms with Crippen LogP contribution in [0.25, 0.3) is 0 Å². The van der Waals surface area contributed by atoms with Crippen LogP contribution in [-0.4, -0.2) is 12.5 Å². The smallest absolute Gasteiger partial charge is 0.224 e. The first-order valence-corrected chi connectivity index (χ1v) is 4.95. The molecule has 1 rings (SSSR count). The molecule has 0 aliphatic rings. The fraction of sp³-hybridized carbons (Fsp3) is 0.250. The minimum Gasteiger partial charge on any atom is -0.398 e. The molecule has 1 aromatic rings. The number of anilines is 1. The number of rotatable bonds is 5.